The topological polar surface area (TPSA) is 59.3 Å². The summed E-state index contributed by atoms with van der Waals surface area (Å²) in [5.74, 6) is 0.0302. The molecule has 0 unspecified atom stereocenters. The molecule has 1 amide bonds. The van der Waals surface area contributed by atoms with Gasteiger partial charge in [0.25, 0.3) is 0 Å². The van der Waals surface area contributed by atoms with E-state index in [1.165, 1.54) is 17.3 Å². The molecule has 22 heavy (non-hydrogen) atoms. The summed E-state index contributed by atoms with van der Waals surface area (Å²) >= 11 is 1.47. The van der Waals surface area contributed by atoms with E-state index in [9.17, 15) is 4.79 Å². The van der Waals surface area contributed by atoms with Crippen LogP contribution in [0.25, 0.3) is 5.65 Å². The summed E-state index contributed by atoms with van der Waals surface area (Å²) in [6.45, 7) is 0. The Kier molecular flexibility index (Phi) is 3.31. The Morgan fingerprint density at radius 3 is 2.95 bits per heavy atom. The maximum absolute atomic E-state index is 12.4. The van der Waals surface area contributed by atoms with Crippen molar-refractivity contribution in [3.05, 3.63) is 54.2 Å². The lowest BCUT2D eigenvalue weighted by Crippen LogP contribution is -2.23. The fraction of sp³-hybridized carbons (Fsp3) is 0.188. The molecule has 1 aliphatic heterocycles. The van der Waals surface area contributed by atoms with Gasteiger partial charge in [-0.05, 0) is 36.6 Å². The highest BCUT2D eigenvalue weighted by molar-refractivity contribution is 8.00. The van der Waals surface area contributed by atoms with E-state index in [1.807, 2.05) is 47.0 Å². The molecule has 1 aromatic carbocycles. The Morgan fingerprint density at radius 1 is 1.14 bits per heavy atom. The number of hydrogen-bond donors (Lipinski definition) is 1. The van der Waals surface area contributed by atoms with Crippen molar-refractivity contribution in [2.45, 2.75) is 23.2 Å². The standard InChI is InChI=1S/C16H14N4OS/c21-15-13(9-8-11-5-1-2-6-12(11)17-15)22-16-19-18-14-7-3-4-10-20(14)16/h1-7,10,13H,8-9H2,(H,17,21)/t13-/m0/s1. The number of pyridine rings is 1. The second kappa shape index (κ2) is 5.46. The first kappa shape index (κ1) is 13.3. The molecule has 1 N–H and O–H groups in total. The third kappa shape index (κ3) is 2.35. The Balaban J connectivity index is 1.60. The number of amides is 1. The molecule has 0 bridgehead atoms. The number of carbonyl (C=O) groups excluding carboxylic acids is 1. The van der Waals surface area contributed by atoms with Crippen LogP contribution in [0.4, 0.5) is 5.69 Å². The van der Waals surface area contributed by atoms with Crippen molar-refractivity contribution in [3.63, 3.8) is 0 Å². The molecular formula is C16H14N4OS. The quantitative estimate of drug-likeness (QED) is 0.791. The summed E-state index contributed by atoms with van der Waals surface area (Å²) in [4.78, 5) is 12.4. The van der Waals surface area contributed by atoms with Crippen molar-refractivity contribution in [1.82, 2.24) is 14.6 Å². The highest BCUT2D eigenvalue weighted by atomic mass is 32.2. The number of carbonyl (C=O) groups is 1. The van der Waals surface area contributed by atoms with Crippen LogP contribution in [0.1, 0.15) is 12.0 Å². The monoisotopic (exact) mass is 310 g/mol. The molecule has 4 rings (SSSR count). The van der Waals surface area contributed by atoms with Crippen LogP contribution < -0.4 is 5.32 Å². The summed E-state index contributed by atoms with van der Waals surface area (Å²) in [5, 5.41) is 11.9. The maximum atomic E-state index is 12.4. The van der Waals surface area contributed by atoms with E-state index in [-0.39, 0.29) is 11.2 Å². The van der Waals surface area contributed by atoms with Crippen LogP contribution in [-0.2, 0) is 11.2 Å². The predicted molar refractivity (Wildman–Crippen MR) is 86.0 cm³/mol. The Morgan fingerprint density at radius 2 is 2.00 bits per heavy atom. The second-order valence-electron chi connectivity index (χ2n) is 5.20. The minimum Gasteiger partial charge on any atom is -0.325 e. The highest BCUT2D eigenvalue weighted by Gasteiger charge is 2.26. The number of benzene rings is 1. The van der Waals surface area contributed by atoms with Gasteiger partial charge in [0, 0.05) is 11.9 Å². The third-order valence-corrected chi connectivity index (χ3v) is 5.00. The zero-order valence-corrected chi connectivity index (χ0v) is 12.6. The van der Waals surface area contributed by atoms with Crippen molar-refractivity contribution in [2.75, 3.05) is 5.32 Å². The number of para-hydroxylation sites is 1. The molecule has 6 heteroatoms. The largest absolute Gasteiger partial charge is 0.325 e. The fourth-order valence-electron chi connectivity index (χ4n) is 2.63. The number of anilines is 1. The van der Waals surface area contributed by atoms with Crippen molar-refractivity contribution in [1.29, 1.82) is 0 Å². The van der Waals surface area contributed by atoms with Crippen LogP contribution in [0.15, 0.2) is 53.8 Å². The number of hydrogen-bond acceptors (Lipinski definition) is 4. The molecule has 3 aromatic rings. The highest BCUT2D eigenvalue weighted by Crippen LogP contribution is 2.30. The van der Waals surface area contributed by atoms with E-state index in [4.69, 9.17) is 0 Å². The lowest BCUT2D eigenvalue weighted by Gasteiger charge is -2.11. The van der Waals surface area contributed by atoms with Crippen molar-refractivity contribution in [2.24, 2.45) is 0 Å². The average Bonchev–Trinajstić information content (AvgIpc) is 2.88. The number of rotatable bonds is 2. The van der Waals surface area contributed by atoms with Crippen LogP contribution >= 0.6 is 11.8 Å². The fourth-order valence-corrected chi connectivity index (χ4v) is 3.64. The maximum Gasteiger partial charge on any atom is 0.237 e. The van der Waals surface area contributed by atoms with E-state index in [2.05, 4.69) is 21.6 Å². The third-order valence-electron chi connectivity index (χ3n) is 3.77. The Labute approximate surface area is 131 Å². The Bertz CT molecular complexity index is 845. The van der Waals surface area contributed by atoms with Gasteiger partial charge in [-0.3, -0.25) is 9.20 Å². The number of aromatic nitrogens is 3. The first-order chi connectivity index (χ1) is 10.8. The number of thioether (sulfide) groups is 1. The number of nitrogens with one attached hydrogen (secondary N) is 1. The lowest BCUT2D eigenvalue weighted by molar-refractivity contribution is -0.115. The van der Waals surface area contributed by atoms with Gasteiger partial charge in [-0.25, -0.2) is 0 Å². The number of nitrogens with zero attached hydrogens (tertiary/aromatic N) is 3. The molecule has 0 spiro atoms. The summed E-state index contributed by atoms with van der Waals surface area (Å²) in [6, 6.07) is 13.7. The van der Waals surface area contributed by atoms with Gasteiger partial charge >= 0.3 is 0 Å². The summed E-state index contributed by atoms with van der Waals surface area (Å²) in [7, 11) is 0. The van der Waals surface area contributed by atoms with Gasteiger partial charge < -0.3 is 5.32 Å². The van der Waals surface area contributed by atoms with Crippen molar-refractivity contribution < 1.29 is 4.79 Å². The van der Waals surface area contributed by atoms with E-state index in [0.29, 0.717) is 0 Å². The molecule has 1 atom stereocenters. The van der Waals surface area contributed by atoms with Crippen LogP contribution in [0, 0.1) is 0 Å². The van der Waals surface area contributed by atoms with Gasteiger partial charge in [0.2, 0.25) is 5.91 Å². The van der Waals surface area contributed by atoms with Crippen LogP contribution in [0.3, 0.4) is 0 Å². The van der Waals surface area contributed by atoms with E-state index < -0.39 is 0 Å². The number of fused-ring (bicyclic) bond motifs is 2. The Hall–Kier alpha value is -2.34. The molecule has 1 aliphatic rings. The predicted octanol–water partition coefficient (Wildman–Crippen LogP) is 2.77. The number of aryl methyl sites for hydroxylation is 1. The van der Waals surface area contributed by atoms with Crippen LogP contribution in [-0.4, -0.2) is 25.8 Å². The summed E-state index contributed by atoms with van der Waals surface area (Å²) in [6.07, 6.45) is 3.58. The smallest absolute Gasteiger partial charge is 0.237 e. The first-order valence-corrected chi connectivity index (χ1v) is 8.04. The molecule has 5 nitrogen and oxygen atoms in total. The molecule has 0 saturated carbocycles. The van der Waals surface area contributed by atoms with Crippen LogP contribution in [0.5, 0.6) is 0 Å². The van der Waals surface area contributed by atoms with E-state index >= 15 is 0 Å². The SMILES string of the molecule is O=C1Nc2ccccc2CC[C@@H]1Sc1nnc2ccccn12. The van der Waals surface area contributed by atoms with Gasteiger partial charge in [0.15, 0.2) is 10.8 Å². The molecule has 110 valence electrons. The van der Waals surface area contributed by atoms with Crippen LogP contribution in [0.2, 0.25) is 0 Å². The summed E-state index contributed by atoms with van der Waals surface area (Å²) in [5.41, 5.74) is 2.90. The molecule has 0 saturated heterocycles. The molecule has 0 fully saturated rings. The second-order valence-corrected chi connectivity index (χ2v) is 6.37. The zero-order valence-electron chi connectivity index (χ0n) is 11.8. The van der Waals surface area contributed by atoms with Crippen molar-refractivity contribution in [3.8, 4) is 0 Å². The molecular weight excluding hydrogens is 296 g/mol. The first-order valence-electron chi connectivity index (χ1n) is 7.16. The minimum atomic E-state index is -0.167. The lowest BCUT2D eigenvalue weighted by atomic mass is 10.1. The normalized spacial score (nSPS) is 17.8. The van der Waals surface area contributed by atoms with E-state index in [0.717, 1.165) is 29.3 Å². The molecule has 0 aliphatic carbocycles. The van der Waals surface area contributed by atoms with Gasteiger partial charge in [0.05, 0.1) is 5.25 Å². The summed E-state index contributed by atoms with van der Waals surface area (Å²) < 4.78 is 1.91. The average molecular weight is 310 g/mol. The van der Waals surface area contributed by atoms with E-state index in [1.54, 1.807) is 0 Å². The van der Waals surface area contributed by atoms with Gasteiger partial charge in [-0.2, -0.15) is 0 Å². The van der Waals surface area contributed by atoms with Gasteiger partial charge in [-0.1, -0.05) is 36.0 Å². The van der Waals surface area contributed by atoms with Crippen molar-refractivity contribution >= 4 is 29.0 Å². The molecule has 2 aromatic heterocycles. The van der Waals surface area contributed by atoms with Gasteiger partial charge in [-0.15, -0.1) is 10.2 Å². The zero-order chi connectivity index (χ0) is 14.9. The minimum absolute atomic E-state index is 0.0302. The molecule has 3 heterocycles. The van der Waals surface area contributed by atoms with Gasteiger partial charge in [0.1, 0.15) is 0 Å². The molecule has 0 radical (unpaired) electrons.